The number of hydrogen-bond acceptors (Lipinski definition) is 2. The Morgan fingerprint density at radius 1 is 1.31 bits per heavy atom. The summed E-state index contributed by atoms with van der Waals surface area (Å²) in [5, 5.41) is 3.72. The van der Waals surface area contributed by atoms with Gasteiger partial charge in [-0.15, -0.1) is 0 Å². The Balaban J connectivity index is 2.49. The number of halogens is 2. The zero-order chi connectivity index (χ0) is 12.0. The van der Waals surface area contributed by atoms with E-state index in [-0.39, 0.29) is 5.91 Å². The summed E-state index contributed by atoms with van der Waals surface area (Å²) in [5.41, 5.74) is 5.93. The summed E-state index contributed by atoms with van der Waals surface area (Å²) < 4.78 is 0. The van der Waals surface area contributed by atoms with Crippen LogP contribution in [0.1, 0.15) is 19.3 Å². The van der Waals surface area contributed by atoms with Crippen molar-refractivity contribution in [3.05, 3.63) is 28.2 Å². The molecule has 3 N–H and O–H groups in total. The SMILES string of the molecule is NCCCCC(=O)Nc1ccc(Cl)cc1Cl. The van der Waals surface area contributed by atoms with Crippen LogP contribution in [-0.2, 0) is 4.79 Å². The summed E-state index contributed by atoms with van der Waals surface area (Å²) in [6.45, 7) is 0.606. The molecule has 88 valence electrons. The molecule has 0 heterocycles. The van der Waals surface area contributed by atoms with E-state index in [2.05, 4.69) is 5.32 Å². The molecule has 1 aromatic carbocycles. The first-order valence-electron chi connectivity index (χ1n) is 5.08. The number of nitrogens with one attached hydrogen (secondary N) is 1. The number of hydrogen-bond donors (Lipinski definition) is 2. The van der Waals surface area contributed by atoms with Crippen molar-refractivity contribution in [2.75, 3.05) is 11.9 Å². The van der Waals surface area contributed by atoms with Gasteiger partial charge in [0.1, 0.15) is 0 Å². The summed E-state index contributed by atoms with van der Waals surface area (Å²) >= 11 is 11.7. The topological polar surface area (TPSA) is 55.1 Å². The van der Waals surface area contributed by atoms with E-state index >= 15 is 0 Å². The predicted octanol–water partition coefficient (Wildman–Crippen LogP) is 3.06. The molecule has 0 aliphatic rings. The molecule has 0 bridgehead atoms. The highest BCUT2D eigenvalue weighted by Gasteiger charge is 2.05. The molecular weight excluding hydrogens is 247 g/mol. The van der Waals surface area contributed by atoms with E-state index in [0.29, 0.717) is 28.7 Å². The van der Waals surface area contributed by atoms with Gasteiger partial charge in [-0.2, -0.15) is 0 Å². The van der Waals surface area contributed by atoms with Gasteiger partial charge in [0.2, 0.25) is 5.91 Å². The molecule has 1 amide bonds. The van der Waals surface area contributed by atoms with Crippen molar-refractivity contribution in [3.63, 3.8) is 0 Å². The van der Waals surface area contributed by atoms with E-state index in [4.69, 9.17) is 28.9 Å². The highest BCUT2D eigenvalue weighted by Crippen LogP contribution is 2.25. The lowest BCUT2D eigenvalue weighted by molar-refractivity contribution is -0.116. The first kappa shape index (κ1) is 13.3. The van der Waals surface area contributed by atoms with Crippen molar-refractivity contribution >= 4 is 34.8 Å². The highest BCUT2D eigenvalue weighted by atomic mass is 35.5. The molecule has 0 aliphatic heterocycles. The molecule has 0 spiro atoms. The number of anilines is 1. The fourth-order valence-electron chi connectivity index (χ4n) is 1.23. The monoisotopic (exact) mass is 260 g/mol. The van der Waals surface area contributed by atoms with Crippen molar-refractivity contribution < 1.29 is 4.79 Å². The Hall–Kier alpha value is -0.770. The second-order valence-electron chi connectivity index (χ2n) is 3.42. The van der Waals surface area contributed by atoms with Gasteiger partial charge in [0.25, 0.3) is 0 Å². The summed E-state index contributed by atoms with van der Waals surface area (Å²) in [4.78, 5) is 11.5. The first-order valence-corrected chi connectivity index (χ1v) is 5.84. The minimum atomic E-state index is -0.0577. The van der Waals surface area contributed by atoms with E-state index in [1.165, 1.54) is 0 Å². The third-order valence-electron chi connectivity index (χ3n) is 2.06. The van der Waals surface area contributed by atoms with Gasteiger partial charge in [-0.3, -0.25) is 4.79 Å². The number of benzene rings is 1. The van der Waals surface area contributed by atoms with Crippen molar-refractivity contribution in [3.8, 4) is 0 Å². The zero-order valence-corrected chi connectivity index (χ0v) is 10.3. The van der Waals surface area contributed by atoms with Crippen LogP contribution in [0.3, 0.4) is 0 Å². The summed E-state index contributed by atoms with van der Waals surface area (Å²) in [7, 11) is 0. The van der Waals surface area contributed by atoms with Crippen LogP contribution >= 0.6 is 23.2 Å². The quantitative estimate of drug-likeness (QED) is 0.800. The Kier molecular flexibility index (Phi) is 5.60. The molecule has 1 aromatic rings. The highest BCUT2D eigenvalue weighted by molar-refractivity contribution is 6.36. The van der Waals surface area contributed by atoms with E-state index in [9.17, 15) is 4.79 Å². The van der Waals surface area contributed by atoms with Gasteiger partial charge in [0, 0.05) is 11.4 Å². The lowest BCUT2D eigenvalue weighted by atomic mass is 10.2. The van der Waals surface area contributed by atoms with Gasteiger partial charge in [-0.1, -0.05) is 23.2 Å². The maximum Gasteiger partial charge on any atom is 0.224 e. The zero-order valence-electron chi connectivity index (χ0n) is 8.80. The van der Waals surface area contributed by atoms with E-state index in [1.54, 1.807) is 18.2 Å². The Morgan fingerprint density at radius 3 is 2.69 bits per heavy atom. The number of amides is 1. The van der Waals surface area contributed by atoms with E-state index < -0.39 is 0 Å². The molecule has 0 atom stereocenters. The van der Waals surface area contributed by atoms with Crippen LogP contribution in [0.15, 0.2) is 18.2 Å². The molecule has 0 saturated heterocycles. The number of unbranched alkanes of at least 4 members (excludes halogenated alkanes) is 1. The Labute approximate surface area is 105 Å². The number of carbonyl (C=O) groups excluding carboxylic acids is 1. The Morgan fingerprint density at radius 2 is 2.06 bits per heavy atom. The second-order valence-corrected chi connectivity index (χ2v) is 4.26. The van der Waals surface area contributed by atoms with Crippen molar-refractivity contribution in [1.29, 1.82) is 0 Å². The molecule has 16 heavy (non-hydrogen) atoms. The number of nitrogens with two attached hydrogens (primary N) is 1. The third-order valence-corrected chi connectivity index (χ3v) is 2.61. The van der Waals surface area contributed by atoms with Crippen molar-refractivity contribution in [2.45, 2.75) is 19.3 Å². The molecule has 0 aliphatic carbocycles. The molecule has 0 unspecified atom stereocenters. The van der Waals surface area contributed by atoms with Crippen molar-refractivity contribution in [2.24, 2.45) is 5.73 Å². The lowest BCUT2D eigenvalue weighted by Gasteiger charge is -2.07. The molecule has 1 rings (SSSR count). The standard InChI is InChI=1S/C11H14Cl2N2O/c12-8-4-5-10(9(13)7-8)15-11(16)3-1-2-6-14/h4-5,7H,1-3,6,14H2,(H,15,16). The molecule has 0 radical (unpaired) electrons. The van der Waals surface area contributed by atoms with Crippen LogP contribution in [0.5, 0.6) is 0 Å². The maximum atomic E-state index is 11.5. The minimum Gasteiger partial charge on any atom is -0.330 e. The second kappa shape index (κ2) is 6.74. The minimum absolute atomic E-state index is 0.0577. The molecule has 0 saturated carbocycles. The largest absolute Gasteiger partial charge is 0.330 e. The smallest absolute Gasteiger partial charge is 0.224 e. The molecule has 0 aromatic heterocycles. The fourth-order valence-corrected chi connectivity index (χ4v) is 1.69. The van der Waals surface area contributed by atoms with Gasteiger partial charge in [-0.05, 0) is 37.6 Å². The van der Waals surface area contributed by atoms with Gasteiger partial charge >= 0.3 is 0 Å². The molecule has 3 nitrogen and oxygen atoms in total. The molecule has 5 heteroatoms. The molecular formula is C11H14Cl2N2O. The fraction of sp³-hybridized carbons (Fsp3) is 0.364. The summed E-state index contributed by atoms with van der Waals surface area (Å²) in [6.07, 6.45) is 2.09. The normalized spacial score (nSPS) is 10.2. The van der Waals surface area contributed by atoms with Crippen LogP contribution in [0.25, 0.3) is 0 Å². The first-order chi connectivity index (χ1) is 7.63. The van der Waals surface area contributed by atoms with Crippen LogP contribution in [0.2, 0.25) is 10.0 Å². The van der Waals surface area contributed by atoms with E-state index in [1.807, 2.05) is 0 Å². The number of rotatable bonds is 5. The van der Waals surface area contributed by atoms with E-state index in [0.717, 1.165) is 12.8 Å². The average molecular weight is 261 g/mol. The average Bonchev–Trinajstić information content (AvgIpc) is 2.23. The maximum absolute atomic E-state index is 11.5. The van der Waals surface area contributed by atoms with Gasteiger partial charge < -0.3 is 11.1 Å². The lowest BCUT2D eigenvalue weighted by Crippen LogP contribution is -2.12. The van der Waals surface area contributed by atoms with Gasteiger partial charge in [0.15, 0.2) is 0 Å². The number of carbonyl (C=O) groups is 1. The third kappa shape index (κ3) is 4.39. The Bertz CT molecular complexity index is 369. The molecule has 0 fully saturated rings. The van der Waals surface area contributed by atoms with Crippen molar-refractivity contribution in [1.82, 2.24) is 0 Å². The van der Waals surface area contributed by atoms with Crippen LogP contribution < -0.4 is 11.1 Å². The summed E-state index contributed by atoms with van der Waals surface area (Å²) in [6, 6.07) is 4.97. The van der Waals surface area contributed by atoms with Crippen LogP contribution in [0.4, 0.5) is 5.69 Å². The van der Waals surface area contributed by atoms with Crippen LogP contribution in [0, 0.1) is 0 Å². The predicted molar refractivity (Wildman–Crippen MR) is 68.0 cm³/mol. The van der Waals surface area contributed by atoms with Crippen LogP contribution in [-0.4, -0.2) is 12.5 Å². The van der Waals surface area contributed by atoms with Gasteiger partial charge in [0.05, 0.1) is 10.7 Å². The van der Waals surface area contributed by atoms with Gasteiger partial charge in [-0.25, -0.2) is 0 Å². The summed E-state index contributed by atoms with van der Waals surface area (Å²) in [5.74, 6) is -0.0577.